The number of hydrogen-bond donors (Lipinski definition) is 1. The van der Waals surface area contributed by atoms with Gasteiger partial charge in [-0.25, -0.2) is 9.59 Å². The third kappa shape index (κ3) is 5.60. The van der Waals surface area contributed by atoms with Crippen LogP contribution in [0, 0.1) is 11.3 Å². The van der Waals surface area contributed by atoms with E-state index < -0.39 is 16.9 Å². The molecule has 0 atom stereocenters. The lowest BCUT2D eigenvalue weighted by Crippen LogP contribution is -2.50. The molecule has 1 aromatic heterocycles. The maximum atomic E-state index is 12.1. The number of nitrogens with zero attached hydrogens (tertiary/aromatic N) is 5. The van der Waals surface area contributed by atoms with Crippen LogP contribution in [0.15, 0.2) is 9.59 Å². The van der Waals surface area contributed by atoms with E-state index in [-0.39, 0.29) is 17.5 Å². The SMILES string of the molecule is Cn1c(NCCCN2CCN(C(=O)OC(C)(C)C)CC2)c(C#N)c(=O)n(C)c1=O. The third-order valence-electron chi connectivity index (χ3n) is 4.74. The van der Waals surface area contributed by atoms with Crippen molar-refractivity contribution in [3.8, 4) is 6.07 Å². The maximum Gasteiger partial charge on any atom is 0.410 e. The molecule has 0 saturated carbocycles. The predicted octanol–water partition coefficient (Wildman–Crippen LogP) is 0.310. The van der Waals surface area contributed by atoms with Gasteiger partial charge in [0.1, 0.15) is 17.5 Å². The fourth-order valence-electron chi connectivity index (χ4n) is 3.14. The summed E-state index contributed by atoms with van der Waals surface area (Å²) in [5.74, 6) is 0.246. The number of carbonyl (C=O) groups is 1. The van der Waals surface area contributed by atoms with Crippen molar-refractivity contribution in [3.63, 3.8) is 0 Å². The minimum atomic E-state index is -0.601. The smallest absolute Gasteiger partial charge is 0.410 e. The van der Waals surface area contributed by atoms with Gasteiger partial charge in [0, 0.05) is 46.8 Å². The molecule has 1 aliphatic rings. The van der Waals surface area contributed by atoms with E-state index in [1.165, 1.54) is 18.7 Å². The van der Waals surface area contributed by atoms with Gasteiger partial charge >= 0.3 is 11.8 Å². The van der Waals surface area contributed by atoms with Gasteiger partial charge in [0.15, 0.2) is 5.56 Å². The second-order valence-corrected chi connectivity index (χ2v) is 8.13. The summed E-state index contributed by atoms with van der Waals surface area (Å²) in [5.41, 5.74) is -1.65. The van der Waals surface area contributed by atoms with E-state index in [1.54, 1.807) is 4.90 Å². The van der Waals surface area contributed by atoms with Gasteiger partial charge in [-0.2, -0.15) is 5.26 Å². The second kappa shape index (κ2) is 9.13. The van der Waals surface area contributed by atoms with Gasteiger partial charge in [-0.15, -0.1) is 0 Å². The number of nitrogens with one attached hydrogen (secondary N) is 1. The van der Waals surface area contributed by atoms with Crippen LogP contribution in [0.3, 0.4) is 0 Å². The molecule has 160 valence electrons. The summed E-state index contributed by atoms with van der Waals surface area (Å²) in [6.45, 7) is 9.62. The lowest BCUT2D eigenvalue weighted by Gasteiger charge is -2.35. The summed E-state index contributed by atoms with van der Waals surface area (Å²) < 4.78 is 7.60. The van der Waals surface area contributed by atoms with Crippen LogP contribution in [-0.2, 0) is 18.8 Å². The van der Waals surface area contributed by atoms with E-state index >= 15 is 0 Å². The van der Waals surface area contributed by atoms with Gasteiger partial charge in [0.05, 0.1) is 0 Å². The van der Waals surface area contributed by atoms with E-state index in [0.717, 1.165) is 30.6 Å². The van der Waals surface area contributed by atoms with Crippen molar-refractivity contribution >= 4 is 11.9 Å². The summed E-state index contributed by atoms with van der Waals surface area (Å²) in [5, 5.41) is 12.3. The zero-order chi connectivity index (χ0) is 21.8. The van der Waals surface area contributed by atoms with Crippen molar-refractivity contribution in [2.24, 2.45) is 14.1 Å². The molecule has 10 heteroatoms. The number of hydrogen-bond acceptors (Lipinski definition) is 7. The fourth-order valence-corrected chi connectivity index (χ4v) is 3.14. The van der Waals surface area contributed by atoms with Gasteiger partial charge in [-0.1, -0.05) is 0 Å². The van der Waals surface area contributed by atoms with Gasteiger partial charge in [0.2, 0.25) is 0 Å². The Kier molecular flexibility index (Phi) is 7.08. The van der Waals surface area contributed by atoms with E-state index in [4.69, 9.17) is 4.74 Å². The largest absolute Gasteiger partial charge is 0.444 e. The third-order valence-corrected chi connectivity index (χ3v) is 4.74. The van der Waals surface area contributed by atoms with Gasteiger partial charge in [0.25, 0.3) is 5.56 Å². The van der Waals surface area contributed by atoms with Gasteiger partial charge < -0.3 is 15.0 Å². The Morgan fingerprint density at radius 3 is 2.31 bits per heavy atom. The standard InChI is InChI=1S/C19H30N6O4/c1-19(2,3)29-18(28)25-11-9-24(10-12-25)8-6-7-21-15-14(13-20)16(26)23(5)17(27)22(15)4/h21H,6-12H2,1-5H3. The Balaban J connectivity index is 1.83. The number of aromatic nitrogens is 2. The molecule has 10 nitrogen and oxygen atoms in total. The van der Waals surface area contributed by atoms with Crippen LogP contribution in [0.1, 0.15) is 32.8 Å². The molecule has 0 unspecified atom stereocenters. The Morgan fingerprint density at radius 1 is 1.14 bits per heavy atom. The highest BCUT2D eigenvalue weighted by Gasteiger charge is 2.25. The molecule has 1 aliphatic heterocycles. The number of ether oxygens (including phenoxy) is 1. The summed E-state index contributed by atoms with van der Waals surface area (Å²) >= 11 is 0. The Morgan fingerprint density at radius 2 is 1.76 bits per heavy atom. The number of nitriles is 1. The van der Waals surface area contributed by atoms with Crippen molar-refractivity contribution < 1.29 is 9.53 Å². The topological polar surface area (TPSA) is 113 Å². The number of carbonyl (C=O) groups excluding carboxylic acids is 1. The average molecular weight is 406 g/mol. The van der Waals surface area contributed by atoms with Crippen molar-refractivity contribution in [2.75, 3.05) is 44.6 Å². The van der Waals surface area contributed by atoms with E-state index in [1.807, 2.05) is 26.8 Å². The first-order valence-electron chi connectivity index (χ1n) is 9.69. The second-order valence-electron chi connectivity index (χ2n) is 8.13. The summed E-state index contributed by atoms with van der Waals surface area (Å²) in [7, 11) is 2.88. The molecule has 1 saturated heterocycles. The molecule has 1 fully saturated rings. The monoisotopic (exact) mass is 406 g/mol. The molecule has 2 heterocycles. The van der Waals surface area contributed by atoms with Crippen LogP contribution in [0.25, 0.3) is 0 Å². The molecule has 0 bridgehead atoms. The predicted molar refractivity (Wildman–Crippen MR) is 109 cm³/mol. The van der Waals surface area contributed by atoms with Crippen LogP contribution >= 0.6 is 0 Å². The Hall–Kier alpha value is -2.80. The first kappa shape index (κ1) is 22.5. The first-order chi connectivity index (χ1) is 13.5. The molecule has 1 N–H and O–H groups in total. The molecule has 1 amide bonds. The molecule has 0 spiro atoms. The summed E-state index contributed by atoms with van der Waals surface area (Å²) in [4.78, 5) is 40.2. The molecule has 29 heavy (non-hydrogen) atoms. The van der Waals surface area contributed by atoms with Crippen molar-refractivity contribution in [1.29, 1.82) is 5.26 Å². The maximum absolute atomic E-state index is 12.1. The minimum absolute atomic E-state index is 0.0689. The molecule has 1 aromatic rings. The highest BCUT2D eigenvalue weighted by molar-refractivity contribution is 5.68. The van der Waals surface area contributed by atoms with Crippen molar-refractivity contribution in [3.05, 3.63) is 26.4 Å². The normalized spacial score (nSPS) is 15.1. The molecular formula is C19H30N6O4. The zero-order valence-corrected chi connectivity index (χ0v) is 17.8. The number of piperazine rings is 1. The van der Waals surface area contributed by atoms with E-state index in [9.17, 15) is 19.6 Å². The van der Waals surface area contributed by atoms with Crippen LogP contribution in [0.5, 0.6) is 0 Å². The van der Waals surface area contributed by atoms with Crippen LogP contribution in [0.4, 0.5) is 10.6 Å². The van der Waals surface area contributed by atoms with Crippen LogP contribution in [0.2, 0.25) is 0 Å². The minimum Gasteiger partial charge on any atom is -0.444 e. The van der Waals surface area contributed by atoms with Crippen molar-refractivity contribution in [1.82, 2.24) is 18.9 Å². The highest BCUT2D eigenvalue weighted by Crippen LogP contribution is 2.12. The Labute approximate surface area is 170 Å². The van der Waals surface area contributed by atoms with Gasteiger partial charge in [-0.05, 0) is 33.7 Å². The zero-order valence-electron chi connectivity index (χ0n) is 17.8. The molecule has 0 aliphatic carbocycles. The van der Waals surface area contributed by atoms with E-state index in [0.29, 0.717) is 19.6 Å². The summed E-state index contributed by atoms with van der Waals surface area (Å²) in [6.07, 6.45) is 0.482. The average Bonchev–Trinajstić information content (AvgIpc) is 2.66. The number of amides is 1. The molecule has 2 rings (SSSR count). The molecule has 0 aromatic carbocycles. The van der Waals surface area contributed by atoms with Crippen LogP contribution in [-0.4, -0.2) is 69.9 Å². The van der Waals surface area contributed by atoms with Gasteiger partial charge in [-0.3, -0.25) is 18.8 Å². The van der Waals surface area contributed by atoms with Crippen molar-refractivity contribution in [2.45, 2.75) is 32.8 Å². The number of anilines is 1. The first-order valence-corrected chi connectivity index (χ1v) is 9.69. The molecule has 0 radical (unpaired) electrons. The summed E-state index contributed by atoms with van der Waals surface area (Å²) in [6, 6.07) is 1.88. The van der Waals surface area contributed by atoms with E-state index in [2.05, 4.69) is 10.2 Å². The number of rotatable bonds is 5. The lowest BCUT2D eigenvalue weighted by molar-refractivity contribution is 0.0145. The lowest BCUT2D eigenvalue weighted by atomic mass is 10.2. The fraction of sp³-hybridized carbons (Fsp3) is 0.684. The van der Waals surface area contributed by atoms with Crippen LogP contribution < -0.4 is 16.6 Å². The highest BCUT2D eigenvalue weighted by atomic mass is 16.6. The quantitative estimate of drug-likeness (QED) is 0.700. The molecular weight excluding hydrogens is 376 g/mol. The Bertz CT molecular complexity index is 897.